The van der Waals surface area contributed by atoms with Gasteiger partial charge in [0.15, 0.2) is 5.78 Å². The van der Waals surface area contributed by atoms with Gasteiger partial charge in [0, 0.05) is 11.3 Å². The van der Waals surface area contributed by atoms with Gasteiger partial charge in [-0.2, -0.15) is 0 Å². The van der Waals surface area contributed by atoms with E-state index in [4.69, 9.17) is 0 Å². The van der Waals surface area contributed by atoms with E-state index in [-0.39, 0.29) is 11.2 Å². The van der Waals surface area contributed by atoms with E-state index in [1.54, 1.807) is 0 Å². The molecule has 1 unspecified atom stereocenters. The predicted molar refractivity (Wildman–Crippen MR) is 82.0 cm³/mol. The number of hydrogen-bond acceptors (Lipinski definition) is 2. The standard InChI is InChI=1S/C18H19NO/c1-17(2,3)18(13-9-5-4-6-10-13)16(20)14-11-7-8-12-15(14)19-18/h4-12,19H,1-3H3. The Morgan fingerprint density at radius 3 is 2.10 bits per heavy atom. The van der Waals surface area contributed by atoms with Gasteiger partial charge in [-0.1, -0.05) is 63.2 Å². The molecule has 0 spiro atoms. The van der Waals surface area contributed by atoms with Gasteiger partial charge in [0.25, 0.3) is 0 Å². The number of ketones is 1. The highest BCUT2D eigenvalue weighted by molar-refractivity contribution is 6.14. The molecule has 0 saturated heterocycles. The summed E-state index contributed by atoms with van der Waals surface area (Å²) in [5.41, 5.74) is 1.80. The van der Waals surface area contributed by atoms with Gasteiger partial charge in [0.2, 0.25) is 0 Å². The van der Waals surface area contributed by atoms with Gasteiger partial charge in [-0.05, 0) is 23.1 Å². The third kappa shape index (κ3) is 1.61. The highest BCUT2D eigenvalue weighted by atomic mass is 16.1. The van der Waals surface area contributed by atoms with Crippen molar-refractivity contribution in [3.8, 4) is 0 Å². The van der Waals surface area contributed by atoms with Crippen LogP contribution in [0.3, 0.4) is 0 Å². The molecular formula is C18H19NO. The first-order valence-corrected chi connectivity index (χ1v) is 6.94. The number of carbonyl (C=O) groups excluding carboxylic acids is 1. The summed E-state index contributed by atoms with van der Waals surface area (Å²) in [4.78, 5) is 13.1. The van der Waals surface area contributed by atoms with Crippen molar-refractivity contribution in [2.75, 3.05) is 5.32 Å². The molecule has 0 aromatic heterocycles. The molecule has 1 aliphatic rings. The van der Waals surface area contributed by atoms with Crippen LogP contribution in [0.15, 0.2) is 54.6 Å². The van der Waals surface area contributed by atoms with Gasteiger partial charge >= 0.3 is 0 Å². The number of anilines is 1. The van der Waals surface area contributed by atoms with E-state index in [0.29, 0.717) is 0 Å². The summed E-state index contributed by atoms with van der Waals surface area (Å²) in [6.45, 7) is 6.32. The first-order chi connectivity index (χ1) is 9.47. The van der Waals surface area contributed by atoms with E-state index in [1.807, 2.05) is 54.6 Å². The normalized spacial score (nSPS) is 21.4. The van der Waals surface area contributed by atoms with Crippen molar-refractivity contribution >= 4 is 11.5 Å². The Hall–Kier alpha value is -2.09. The van der Waals surface area contributed by atoms with Crippen LogP contribution >= 0.6 is 0 Å². The van der Waals surface area contributed by atoms with Crippen molar-refractivity contribution in [3.05, 3.63) is 65.7 Å². The van der Waals surface area contributed by atoms with Crippen LogP contribution in [0, 0.1) is 5.41 Å². The lowest BCUT2D eigenvalue weighted by molar-refractivity contribution is 0.0803. The van der Waals surface area contributed by atoms with E-state index in [0.717, 1.165) is 16.8 Å². The molecule has 0 fully saturated rings. The van der Waals surface area contributed by atoms with Crippen LogP contribution in [0.1, 0.15) is 36.7 Å². The number of benzene rings is 2. The number of nitrogens with one attached hydrogen (secondary N) is 1. The monoisotopic (exact) mass is 265 g/mol. The summed E-state index contributed by atoms with van der Waals surface area (Å²) >= 11 is 0. The number of carbonyl (C=O) groups is 1. The summed E-state index contributed by atoms with van der Waals surface area (Å²) in [5, 5.41) is 3.50. The zero-order chi connectivity index (χ0) is 14.4. The van der Waals surface area contributed by atoms with E-state index >= 15 is 0 Å². The quantitative estimate of drug-likeness (QED) is 0.835. The Bertz CT molecular complexity index is 655. The van der Waals surface area contributed by atoms with Crippen LogP contribution in [0.4, 0.5) is 5.69 Å². The molecule has 2 heteroatoms. The Kier molecular flexibility index (Phi) is 2.72. The average Bonchev–Trinajstić information content (AvgIpc) is 2.74. The maximum absolute atomic E-state index is 13.1. The van der Waals surface area contributed by atoms with Crippen molar-refractivity contribution in [1.82, 2.24) is 0 Å². The first kappa shape index (κ1) is 12.9. The molecule has 1 atom stereocenters. The smallest absolute Gasteiger partial charge is 0.195 e. The summed E-state index contributed by atoms with van der Waals surface area (Å²) in [5.74, 6) is 0.159. The average molecular weight is 265 g/mol. The van der Waals surface area contributed by atoms with Crippen LogP contribution in [0.2, 0.25) is 0 Å². The third-order valence-electron chi connectivity index (χ3n) is 4.17. The Morgan fingerprint density at radius 1 is 0.900 bits per heavy atom. The summed E-state index contributed by atoms with van der Waals surface area (Å²) < 4.78 is 0. The molecule has 1 N–H and O–H groups in total. The fourth-order valence-electron chi connectivity index (χ4n) is 3.10. The minimum atomic E-state index is -0.696. The lowest BCUT2D eigenvalue weighted by atomic mass is 9.67. The summed E-state index contributed by atoms with van der Waals surface area (Å²) in [6.07, 6.45) is 0. The number of hydrogen-bond donors (Lipinski definition) is 1. The van der Waals surface area contributed by atoms with E-state index in [1.165, 1.54) is 0 Å². The second-order valence-corrected chi connectivity index (χ2v) is 6.37. The molecule has 1 heterocycles. The molecule has 3 rings (SSSR count). The van der Waals surface area contributed by atoms with Gasteiger partial charge in [-0.25, -0.2) is 0 Å². The van der Waals surface area contributed by atoms with Crippen LogP contribution in [0.5, 0.6) is 0 Å². The van der Waals surface area contributed by atoms with E-state index in [2.05, 4.69) is 26.1 Å². The molecule has 0 saturated carbocycles. The lowest BCUT2D eigenvalue weighted by Gasteiger charge is -2.41. The SMILES string of the molecule is CC(C)(C)C1(c2ccccc2)Nc2ccccc2C1=O. The van der Waals surface area contributed by atoms with Gasteiger partial charge in [-0.15, -0.1) is 0 Å². The van der Waals surface area contributed by atoms with Crippen LogP contribution in [-0.4, -0.2) is 5.78 Å². The molecule has 2 aromatic carbocycles. The van der Waals surface area contributed by atoms with Crippen LogP contribution in [0.25, 0.3) is 0 Å². The lowest BCUT2D eigenvalue weighted by Crippen LogP contribution is -2.49. The van der Waals surface area contributed by atoms with E-state index in [9.17, 15) is 4.79 Å². The second-order valence-electron chi connectivity index (χ2n) is 6.37. The van der Waals surface area contributed by atoms with Crippen molar-refractivity contribution in [2.45, 2.75) is 26.3 Å². The number of para-hydroxylation sites is 1. The first-order valence-electron chi connectivity index (χ1n) is 6.94. The molecule has 2 aromatic rings. The minimum absolute atomic E-state index is 0.159. The largest absolute Gasteiger partial charge is 0.368 e. The minimum Gasteiger partial charge on any atom is -0.368 e. The van der Waals surface area contributed by atoms with Crippen LogP contribution in [-0.2, 0) is 5.54 Å². The predicted octanol–water partition coefficient (Wildman–Crippen LogP) is 4.24. The molecular weight excluding hydrogens is 246 g/mol. The molecule has 102 valence electrons. The van der Waals surface area contributed by atoms with Gasteiger partial charge < -0.3 is 5.32 Å². The number of rotatable bonds is 1. The molecule has 0 amide bonds. The fourth-order valence-corrected chi connectivity index (χ4v) is 3.10. The highest BCUT2D eigenvalue weighted by Crippen LogP contribution is 2.49. The van der Waals surface area contributed by atoms with Gasteiger partial charge in [0.1, 0.15) is 5.54 Å². The molecule has 2 nitrogen and oxygen atoms in total. The fraction of sp³-hybridized carbons (Fsp3) is 0.278. The topological polar surface area (TPSA) is 29.1 Å². The number of Topliss-reactive ketones (excluding diaryl/α,β-unsaturated/α-hetero) is 1. The van der Waals surface area contributed by atoms with Gasteiger partial charge in [0.05, 0.1) is 0 Å². The van der Waals surface area contributed by atoms with Gasteiger partial charge in [-0.3, -0.25) is 4.79 Å². The molecule has 1 aliphatic heterocycles. The van der Waals surface area contributed by atoms with Crippen LogP contribution < -0.4 is 5.32 Å². The molecule has 0 bridgehead atoms. The van der Waals surface area contributed by atoms with Crippen molar-refractivity contribution in [2.24, 2.45) is 5.41 Å². The summed E-state index contributed by atoms with van der Waals surface area (Å²) in [6, 6.07) is 17.8. The maximum atomic E-state index is 13.1. The molecule has 20 heavy (non-hydrogen) atoms. The van der Waals surface area contributed by atoms with Crippen molar-refractivity contribution in [1.29, 1.82) is 0 Å². The second kappa shape index (κ2) is 4.20. The Labute approximate surface area is 119 Å². The molecule has 0 radical (unpaired) electrons. The zero-order valence-corrected chi connectivity index (χ0v) is 12.1. The van der Waals surface area contributed by atoms with Crippen molar-refractivity contribution in [3.63, 3.8) is 0 Å². The highest BCUT2D eigenvalue weighted by Gasteiger charge is 2.54. The third-order valence-corrected chi connectivity index (χ3v) is 4.17. The maximum Gasteiger partial charge on any atom is 0.195 e. The zero-order valence-electron chi connectivity index (χ0n) is 12.1. The van der Waals surface area contributed by atoms with Crippen molar-refractivity contribution < 1.29 is 4.79 Å². The Morgan fingerprint density at radius 2 is 1.50 bits per heavy atom. The number of fused-ring (bicyclic) bond motifs is 1. The Balaban J connectivity index is 2.24. The summed E-state index contributed by atoms with van der Waals surface area (Å²) in [7, 11) is 0. The van der Waals surface area contributed by atoms with E-state index < -0.39 is 5.54 Å². The molecule has 0 aliphatic carbocycles.